The third kappa shape index (κ3) is 3.67. The minimum atomic E-state index is -0.0241. The van der Waals surface area contributed by atoms with Crippen LogP contribution in [0.4, 0.5) is 0 Å². The second kappa shape index (κ2) is 7.95. The predicted molar refractivity (Wildman–Crippen MR) is 103 cm³/mol. The van der Waals surface area contributed by atoms with Crippen LogP contribution in [0, 0.1) is 6.92 Å². The summed E-state index contributed by atoms with van der Waals surface area (Å²) in [6.45, 7) is 3.02. The van der Waals surface area contributed by atoms with Gasteiger partial charge in [0.05, 0.1) is 26.3 Å². The SMILES string of the molecule is COc1ccc(OCCCn2c(=O)cc(C)c3cccc(OC)c32)cc1. The first kappa shape index (κ1) is 17.9. The topological polar surface area (TPSA) is 49.7 Å². The maximum atomic E-state index is 12.5. The number of aryl methyl sites for hydroxylation is 2. The van der Waals surface area contributed by atoms with E-state index in [1.807, 2.05) is 49.4 Å². The number of hydrogen-bond acceptors (Lipinski definition) is 4. The van der Waals surface area contributed by atoms with Crippen LogP contribution >= 0.6 is 0 Å². The van der Waals surface area contributed by atoms with Gasteiger partial charge in [0.15, 0.2) is 0 Å². The molecule has 0 aliphatic carbocycles. The molecule has 5 nitrogen and oxygen atoms in total. The van der Waals surface area contributed by atoms with Crippen LogP contribution in [0.1, 0.15) is 12.0 Å². The summed E-state index contributed by atoms with van der Waals surface area (Å²) in [5.41, 5.74) is 1.77. The van der Waals surface area contributed by atoms with E-state index in [0.29, 0.717) is 25.3 Å². The molecule has 0 atom stereocenters. The molecule has 0 aliphatic rings. The lowest BCUT2D eigenvalue weighted by Gasteiger charge is -2.15. The second-order valence-corrected chi connectivity index (χ2v) is 6.05. The predicted octanol–water partition coefficient (Wildman–Crippen LogP) is 3.80. The summed E-state index contributed by atoms with van der Waals surface area (Å²) in [7, 11) is 3.26. The molecule has 0 radical (unpaired) electrons. The number of nitrogens with zero attached hydrogens (tertiary/aromatic N) is 1. The van der Waals surface area contributed by atoms with Crippen LogP contribution in [0.3, 0.4) is 0 Å². The van der Waals surface area contributed by atoms with Crippen molar-refractivity contribution in [2.75, 3.05) is 20.8 Å². The second-order valence-electron chi connectivity index (χ2n) is 6.05. The zero-order chi connectivity index (χ0) is 18.5. The van der Waals surface area contributed by atoms with Crippen molar-refractivity contribution in [1.29, 1.82) is 0 Å². The number of para-hydroxylation sites is 1. The summed E-state index contributed by atoms with van der Waals surface area (Å²) in [6, 6.07) is 15.0. The summed E-state index contributed by atoms with van der Waals surface area (Å²) in [5, 5.41) is 1.03. The zero-order valence-corrected chi connectivity index (χ0v) is 15.3. The van der Waals surface area contributed by atoms with Crippen molar-refractivity contribution in [2.24, 2.45) is 0 Å². The molecule has 0 amide bonds. The van der Waals surface area contributed by atoms with Gasteiger partial charge in [0, 0.05) is 18.0 Å². The third-order valence-electron chi connectivity index (χ3n) is 4.37. The van der Waals surface area contributed by atoms with Crippen molar-refractivity contribution in [1.82, 2.24) is 4.57 Å². The van der Waals surface area contributed by atoms with Crippen molar-refractivity contribution < 1.29 is 14.2 Å². The first-order valence-electron chi connectivity index (χ1n) is 8.58. The van der Waals surface area contributed by atoms with Crippen LogP contribution in [-0.4, -0.2) is 25.4 Å². The number of pyridine rings is 1. The highest BCUT2D eigenvalue weighted by molar-refractivity contribution is 5.87. The molecule has 0 spiro atoms. The Hall–Kier alpha value is -2.95. The minimum Gasteiger partial charge on any atom is -0.497 e. The molecule has 0 N–H and O–H groups in total. The van der Waals surface area contributed by atoms with E-state index in [4.69, 9.17) is 14.2 Å². The fourth-order valence-corrected chi connectivity index (χ4v) is 3.04. The smallest absolute Gasteiger partial charge is 0.251 e. The summed E-state index contributed by atoms with van der Waals surface area (Å²) in [6.07, 6.45) is 0.710. The van der Waals surface area contributed by atoms with E-state index < -0.39 is 0 Å². The zero-order valence-electron chi connectivity index (χ0n) is 15.3. The van der Waals surface area contributed by atoms with Gasteiger partial charge in [-0.15, -0.1) is 0 Å². The molecule has 136 valence electrons. The molecular weight excluding hydrogens is 330 g/mol. The van der Waals surface area contributed by atoms with Crippen LogP contribution in [0.25, 0.3) is 10.9 Å². The molecule has 1 aromatic heterocycles. The van der Waals surface area contributed by atoms with Gasteiger partial charge in [-0.3, -0.25) is 4.79 Å². The van der Waals surface area contributed by atoms with E-state index in [1.165, 1.54) is 0 Å². The Kier molecular flexibility index (Phi) is 5.46. The number of aromatic nitrogens is 1. The van der Waals surface area contributed by atoms with Crippen molar-refractivity contribution >= 4 is 10.9 Å². The highest BCUT2D eigenvalue weighted by Gasteiger charge is 2.11. The van der Waals surface area contributed by atoms with Crippen LogP contribution in [-0.2, 0) is 6.54 Å². The fourth-order valence-electron chi connectivity index (χ4n) is 3.04. The Bertz CT molecular complexity index is 945. The van der Waals surface area contributed by atoms with E-state index >= 15 is 0 Å². The molecule has 0 bridgehead atoms. The average molecular weight is 353 g/mol. The number of rotatable bonds is 7. The summed E-state index contributed by atoms with van der Waals surface area (Å²) in [5.74, 6) is 2.28. The Balaban J connectivity index is 1.75. The van der Waals surface area contributed by atoms with Crippen molar-refractivity contribution in [2.45, 2.75) is 19.9 Å². The normalized spacial score (nSPS) is 10.7. The van der Waals surface area contributed by atoms with Crippen LogP contribution in [0.5, 0.6) is 17.2 Å². The van der Waals surface area contributed by atoms with Crippen molar-refractivity contribution in [3.63, 3.8) is 0 Å². The quantitative estimate of drug-likeness (QED) is 0.606. The fraction of sp³-hybridized carbons (Fsp3) is 0.286. The highest BCUT2D eigenvalue weighted by Crippen LogP contribution is 2.26. The molecule has 3 aromatic rings. The van der Waals surface area contributed by atoms with Gasteiger partial charge < -0.3 is 18.8 Å². The van der Waals surface area contributed by atoms with E-state index in [1.54, 1.807) is 24.9 Å². The molecule has 5 heteroatoms. The van der Waals surface area contributed by atoms with Gasteiger partial charge in [-0.25, -0.2) is 0 Å². The molecule has 1 heterocycles. The largest absolute Gasteiger partial charge is 0.497 e. The molecule has 2 aromatic carbocycles. The van der Waals surface area contributed by atoms with Gasteiger partial charge in [-0.1, -0.05) is 12.1 Å². The molecular formula is C21H23NO4. The van der Waals surface area contributed by atoms with Gasteiger partial charge >= 0.3 is 0 Å². The molecule has 3 rings (SSSR count). The molecule has 0 fully saturated rings. The van der Waals surface area contributed by atoms with Gasteiger partial charge in [0.2, 0.25) is 0 Å². The van der Waals surface area contributed by atoms with E-state index in [0.717, 1.165) is 28.0 Å². The van der Waals surface area contributed by atoms with E-state index in [2.05, 4.69) is 0 Å². The van der Waals surface area contributed by atoms with Gasteiger partial charge in [-0.05, 0) is 49.2 Å². The highest BCUT2D eigenvalue weighted by atomic mass is 16.5. The Morgan fingerprint density at radius 2 is 1.69 bits per heavy atom. The van der Waals surface area contributed by atoms with Gasteiger partial charge in [-0.2, -0.15) is 0 Å². The lowest BCUT2D eigenvalue weighted by Crippen LogP contribution is -2.22. The third-order valence-corrected chi connectivity index (χ3v) is 4.37. The summed E-state index contributed by atoms with van der Waals surface area (Å²) < 4.78 is 18.1. The Morgan fingerprint density at radius 3 is 2.38 bits per heavy atom. The van der Waals surface area contributed by atoms with E-state index in [-0.39, 0.29) is 5.56 Å². The Morgan fingerprint density at radius 1 is 0.962 bits per heavy atom. The number of hydrogen-bond donors (Lipinski definition) is 0. The summed E-state index contributed by atoms with van der Waals surface area (Å²) >= 11 is 0. The van der Waals surface area contributed by atoms with Crippen LogP contribution < -0.4 is 19.8 Å². The van der Waals surface area contributed by atoms with Gasteiger partial charge in [0.1, 0.15) is 17.2 Å². The van der Waals surface area contributed by atoms with Crippen molar-refractivity contribution in [3.8, 4) is 17.2 Å². The molecule has 0 unspecified atom stereocenters. The molecule has 0 saturated heterocycles. The number of ether oxygens (including phenoxy) is 3. The maximum absolute atomic E-state index is 12.5. The lowest BCUT2D eigenvalue weighted by atomic mass is 10.1. The average Bonchev–Trinajstić information content (AvgIpc) is 2.67. The lowest BCUT2D eigenvalue weighted by molar-refractivity contribution is 0.301. The Labute approximate surface area is 152 Å². The van der Waals surface area contributed by atoms with E-state index in [9.17, 15) is 4.79 Å². The standard InChI is InChI=1S/C21H23NO4/c1-15-14-20(23)22(21-18(15)6-4-7-19(21)25-3)12-5-13-26-17-10-8-16(24-2)9-11-17/h4,6-11,14H,5,12-13H2,1-3H3. The first-order chi connectivity index (χ1) is 12.6. The molecule has 0 saturated carbocycles. The van der Waals surface area contributed by atoms with Crippen molar-refractivity contribution in [3.05, 3.63) is 64.4 Å². The monoisotopic (exact) mass is 353 g/mol. The molecule has 0 aliphatic heterocycles. The summed E-state index contributed by atoms with van der Waals surface area (Å²) in [4.78, 5) is 12.5. The number of benzene rings is 2. The first-order valence-corrected chi connectivity index (χ1v) is 8.58. The van der Waals surface area contributed by atoms with Gasteiger partial charge in [0.25, 0.3) is 5.56 Å². The molecule has 26 heavy (non-hydrogen) atoms. The number of fused-ring (bicyclic) bond motifs is 1. The minimum absolute atomic E-state index is 0.0241. The van der Waals surface area contributed by atoms with Crippen LogP contribution in [0.15, 0.2) is 53.3 Å². The maximum Gasteiger partial charge on any atom is 0.251 e. The number of methoxy groups -OCH3 is 2. The van der Waals surface area contributed by atoms with Crippen LogP contribution in [0.2, 0.25) is 0 Å².